The van der Waals surface area contributed by atoms with Crippen LogP contribution in [0, 0.1) is 41.5 Å². The Morgan fingerprint density at radius 1 is 0.273 bits per heavy atom. The molecule has 0 amide bonds. The van der Waals surface area contributed by atoms with Gasteiger partial charge in [-0.3, -0.25) is 0 Å². The number of para-hydroxylation sites is 2. The number of benzene rings is 9. The molecule has 6 heteroatoms. The first kappa shape index (κ1) is 34.7. The van der Waals surface area contributed by atoms with E-state index in [2.05, 4.69) is 193 Å². The molecule has 4 nitrogen and oxygen atoms in total. The molecule has 13 aromatic rings. The van der Waals surface area contributed by atoms with Gasteiger partial charge in [0.1, 0.15) is 0 Å². The van der Waals surface area contributed by atoms with Crippen molar-refractivity contribution in [3.05, 3.63) is 167 Å². The third kappa shape index (κ3) is 3.75. The Morgan fingerprint density at radius 3 is 1.08 bits per heavy atom. The van der Waals surface area contributed by atoms with E-state index in [0.29, 0.717) is 0 Å². The van der Waals surface area contributed by atoms with Crippen LogP contribution >= 0.6 is 0 Å². The van der Waals surface area contributed by atoms with Crippen LogP contribution in [0.5, 0.6) is 0 Å². The van der Waals surface area contributed by atoms with Crippen molar-refractivity contribution in [2.45, 2.75) is 41.5 Å². The monoisotopic (exact) mass is 838 g/mol. The first-order valence-electron chi connectivity index (χ1n) is 23.7. The predicted molar refractivity (Wildman–Crippen MR) is 282 cm³/mol. The van der Waals surface area contributed by atoms with E-state index < -0.39 is 0 Å². The molecule has 0 radical (unpaired) electrons. The topological polar surface area (TPSA) is 19.7 Å². The summed E-state index contributed by atoms with van der Waals surface area (Å²) in [5.41, 5.74) is 31.9. The van der Waals surface area contributed by atoms with Gasteiger partial charge >= 0.3 is 0 Å². The Kier molecular flexibility index (Phi) is 5.80. The first-order chi connectivity index (χ1) is 32.2. The summed E-state index contributed by atoms with van der Waals surface area (Å²) in [5.74, 6) is 0. The smallest absolute Gasteiger partial charge is 0.252 e. The number of hydrogen-bond acceptors (Lipinski definition) is 0. The lowest BCUT2D eigenvalue weighted by Crippen LogP contribution is -2.59. The number of fused-ring (bicyclic) bond motifs is 20. The van der Waals surface area contributed by atoms with Crippen molar-refractivity contribution in [2.24, 2.45) is 0 Å². The molecule has 306 valence electrons. The molecular weight excluding hydrogens is 798 g/mol. The van der Waals surface area contributed by atoms with E-state index in [-0.39, 0.29) is 13.4 Å². The van der Waals surface area contributed by atoms with Crippen LogP contribution < -0.4 is 32.8 Å². The standard InChI is InChI=1S/C60H40B2N4/c1-29-13-15-47-37(17-29)41-19-31(3)21-45-59(41)63(47)51-23-33(5)25-53-55(51)61(45)43-11-7-9-35-39-27-40-36-10-8-12-44-58(36)66(50(40)28-49(39)65(53)57(35)43)54-26-34(6)24-52-56(54)62(44)46-22-32(4)20-42-38-18-30(2)14-16-48(38)64(52)60(42)46/h7-28H,1-6H3. The molecule has 0 N–H and O–H groups in total. The lowest BCUT2D eigenvalue weighted by molar-refractivity contribution is 1.12. The fraction of sp³-hybridized carbons (Fsp3) is 0.100. The molecule has 4 aliphatic heterocycles. The van der Waals surface area contributed by atoms with Crippen LogP contribution in [0.2, 0.25) is 0 Å². The second-order valence-corrected chi connectivity index (χ2v) is 20.6. The molecule has 0 atom stereocenters. The minimum absolute atomic E-state index is 0.121. The SMILES string of the molecule is Cc1cc2c3c(c1)-n1c4cc5c(cc4c4cccc(c41)B3c1cc(C)cc3c4cc(C)ccc4n-2c13)c1cccc2c1n5-c1cc(C)cc3c1B2c1cc(C)cc2c4cc(C)ccc4n-3c12. The van der Waals surface area contributed by atoms with Crippen LogP contribution in [0.4, 0.5) is 0 Å². The summed E-state index contributed by atoms with van der Waals surface area (Å²) < 4.78 is 10.5. The molecule has 17 rings (SSSR count). The number of nitrogens with zero attached hydrogens (tertiary/aromatic N) is 4. The van der Waals surface area contributed by atoms with Crippen LogP contribution in [0.15, 0.2) is 133 Å². The Morgan fingerprint density at radius 2 is 0.636 bits per heavy atom. The molecule has 0 spiro atoms. The highest BCUT2D eigenvalue weighted by Gasteiger charge is 2.43. The van der Waals surface area contributed by atoms with Gasteiger partial charge in [0.2, 0.25) is 0 Å². The predicted octanol–water partition coefficient (Wildman–Crippen LogP) is 10.2. The van der Waals surface area contributed by atoms with E-state index in [4.69, 9.17) is 0 Å². The van der Waals surface area contributed by atoms with Crippen molar-refractivity contribution in [2.75, 3.05) is 0 Å². The van der Waals surface area contributed by atoms with Crippen LogP contribution in [-0.2, 0) is 0 Å². The summed E-state index contributed by atoms with van der Waals surface area (Å²) in [7, 11) is 0. The quantitative estimate of drug-likeness (QED) is 0.136. The van der Waals surface area contributed by atoms with Crippen molar-refractivity contribution < 1.29 is 0 Å². The molecule has 0 unspecified atom stereocenters. The van der Waals surface area contributed by atoms with Gasteiger partial charge in [-0.2, -0.15) is 0 Å². The van der Waals surface area contributed by atoms with E-state index in [0.717, 1.165) is 0 Å². The van der Waals surface area contributed by atoms with Crippen molar-refractivity contribution >= 4 is 133 Å². The molecule has 0 aliphatic carbocycles. The summed E-state index contributed by atoms with van der Waals surface area (Å²) in [4.78, 5) is 0. The maximum absolute atomic E-state index is 2.66. The van der Waals surface area contributed by atoms with Gasteiger partial charge in [0.05, 0.1) is 22.1 Å². The summed E-state index contributed by atoms with van der Waals surface area (Å²) >= 11 is 0. The molecule has 0 bridgehead atoms. The van der Waals surface area contributed by atoms with Gasteiger partial charge in [0, 0.05) is 87.9 Å². The number of aryl methyl sites for hydroxylation is 6. The van der Waals surface area contributed by atoms with E-state index in [9.17, 15) is 0 Å². The summed E-state index contributed by atoms with van der Waals surface area (Å²) in [6.07, 6.45) is 0. The lowest BCUT2D eigenvalue weighted by Gasteiger charge is -2.34. The molecule has 0 saturated heterocycles. The summed E-state index contributed by atoms with van der Waals surface area (Å²) in [6.45, 7) is 13.8. The average molecular weight is 839 g/mol. The second-order valence-electron chi connectivity index (χ2n) is 20.6. The minimum Gasteiger partial charge on any atom is -0.310 e. The number of aromatic nitrogens is 4. The van der Waals surface area contributed by atoms with Gasteiger partial charge in [0.25, 0.3) is 13.4 Å². The van der Waals surface area contributed by atoms with Crippen molar-refractivity contribution in [3.8, 4) is 22.7 Å². The van der Waals surface area contributed by atoms with Crippen molar-refractivity contribution in [1.29, 1.82) is 0 Å². The lowest BCUT2D eigenvalue weighted by atomic mass is 9.34. The molecule has 8 heterocycles. The average Bonchev–Trinajstić information content (AvgIpc) is 4.01. The van der Waals surface area contributed by atoms with Crippen LogP contribution in [0.25, 0.3) is 110 Å². The van der Waals surface area contributed by atoms with Gasteiger partial charge < -0.3 is 18.3 Å². The van der Waals surface area contributed by atoms with E-state index in [1.165, 1.54) is 176 Å². The molecular formula is C60H40B2N4. The zero-order chi connectivity index (χ0) is 43.5. The number of rotatable bonds is 0. The van der Waals surface area contributed by atoms with Gasteiger partial charge in [-0.15, -0.1) is 0 Å². The Balaban J connectivity index is 1.02. The zero-order valence-corrected chi connectivity index (χ0v) is 37.6. The summed E-state index contributed by atoms with van der Waals surface area (Å²) in [6, 6.07) is 53.1. The van der Waals surface area contributed by atoms with Gasteiger partial charge in [-0.05, 0) is 158 Å². The largest absolute Gasteiger partial charge is 0.310 e. The van der Waals surface area contributed by atoms with Crippen molar-refractivity contribution in [3.63, 3.8) is 0 Å². The van der Waals surface area contributed by atoms with Gasteiger partial charge in [0.15, 0.2) is 0 Å². The third-order valence-electron chi connectivity index (χ3n) is 16.5. The third-order valence-corrected chi connectivity index (χ3v) is 16.5. The Labute approximate surface area is 381 Å². The van der Waals surface area contributed by atoms with E-state index in [1.807, 2.05) is 0 Å². The highest BCUT2D eigenvalue weighted by atomic mass is 15.1. The van der Waals surface area contributed by atoms with E-state index >= 15 is 0 Å². The van der Waals surface area contributed by atoms with Gasteiger partial charge in [-0.1, -0.05) is 82.9 Å². The van der Waals surface area contributed by atoms with Crippen LogP contribution in [0.1, 0.15) is 33.4 Å². The zero-order valence-electron chi connectivity index (χ0n) is 37.6. The molecule has 4 aliphatic rings. The highest BCUT2D eigenvalue weighted by molar-refractivity contribution is 7.01. The Hall–Kier alpha value is -7.69. The minimum atomic E-state index is 0.121. The van der Waals surface area contributed by atoms with Crippen LogP contribution in [0.3, 0.4) is 0 Å². The van der Waals surface area contributed by atoms with Crippen molar-refractivity contribution in [1.82, 2.24) is 18.3 Å². The highest BCUT2D eigenvalue weighted by Crippen LogP contribution is 2.45. The molecule has 0 fully saturated rings. The maximum Gasteiger partial charge on any atom is 0.252 e. The Bertz CT molecular complexity index is 4320. The van der Waals surface area contributed by atoms with Crippen LogP contribution in [-0.4, -0.2) is 31.7 Å². The molecule has 9 aromatic carbocycles. The summed E-state index contributed by atoms with van der Waals surface area (Å²) in [5, 5.41) is 10.7. The molecule has 4 aromatic heterocycles. The molecule has 66 heavy (non-hydrogen) atoms. The first-order valence-corrected chi connectivity index (χ1v) is 23.7. The van der Waals surface area contributed by atoms with Gasteiger partial charge in [-0.25, -0.2) is 0 Å². The maximum atomic E-state index is 2.66. The fourth-order valence-corrected chi connectivity index (χ4v) is 14.3. The molecule has 0 saturated carbocycles. The number of hydrogen-bond donors (Lipinski definition) is 0. The fourth-order valence-electron chi connectivity index (χ4n) is 14.3. The normalized spacial score (nSPS) is 13.8. The van der Waals surface area contributed by atoms with E-state index in [1.54, 1.807) is 0 Å². The second kappa shape index (κ2) is 11.0.